The summed E-state index contributed by atoms with van der Waals surface area (Å²) < 4.78 is 0. The molecule has 0 amide bonds. The van der Waals surface area contributed by atoms with Crippen molar-refractivity contribution < 1.29 is 10.2 Å². The predicted octanol–water partition coefficient (Wildman–Crippen LogP) is 7.44. The molecule has 0 fully saturated rings. The van der Waals surface area contributed by atoms with Gasteiger partial charge in [-0.25, -0.2) is 0 Å². The van der Waals surface area contributed by atoms with Crippen molar-refractivity contribution in [1.82, 2.24) is 4.90 Å². The third-order valence-corrected chi connectivity index (χ3v) is 7.06. The van der Waals surface area contributed by atoms with E-state index in [1.54, 1.807) is 0 Å². The molecular formula is C28H59NO2. The SMILES string of the molecule is CCCCN(CCCC)CC(O)C(C)(O)CCCC(C)CCCC(C)CCCC(C)C. The van der Waals surface area contributed by atoms with E-state index in [4.69, 9.17) is 0 Å². The van der Waals surface area contributed by atoms with Gasteiger partial charge in [0.2, 0.25) is 0 Å². The lowest BCUT2D eigenvalue weighted by molar-refractivity contribution is -0.0805. The Labute approximate surface area is 196 Å². The molecule has 3 nitrogen and oxygen atoms in total. The van der Waals surface area contributed by atoms with Crippen molar-refractivity contribution in [2.24, 2.45) is 17.8 Å². The maximum atomic E-state index is 10.9. The summed E-state index contributed by atoms with van der Waals surface area (Å²) in [5.74, 6) is 2.39. The minimum atomic E-state index is -0.985. The first-order chi connectivity index (χ1) is 14.6. The molecule has 0 saturated carbocycles. The number of aliphatic hydroxyl groups is 2. The number of rotatable bonds is 21. The summed E-state index contributed by atoms with van der Waals surface area (Å²) in [7, 11) is 0. The Kier molecular flexibility index (Phi) is 18.3. The largest absolute Gasteiger partial charge is 0.389 e. The van der Waals surface area contributed by atoms with Gasteiger partial charge in [-0.15, -0.1) is 0 Å². The number of unbranched alkanes of at least 4 members (excludes halogenated alkanes) is 2. The lowest BCUT2D eigenvalue weighted by atomic mass is 9.88. The van der Waals surface area contributed by atoms with E-state index in [1.807, 2.05) is 6.92 Å². The molecule has 0 heterocycles. The average molecular weight is 442 g/mol. The number of aliphatic hydroxyl groups excluding tert-OH is 1. The summed E-state index contributed by atoms with van der Waals surface area (Å²) in [6, 6.07) is 0. The molecule has 0 radical (unpaired) electrons. The molecule has 0 bridgehead atoms. The molecule has 0 aromatic heterocycles. The van der Waals surface area contributed by atoms with Gasteiger partial charge in [-0.3, -0.25) is 0 Å². The monoisotopic (exact) mass is 441 g/mol. The summed E-state index contributed by atoms with van der Waals surface area (Å²) in [4.78, 5) is 2.34. The van der Waals surface area contributed by atoms with Crippen LogP contribution in [0.3, 0.4) is 0 Å². The van der Waals surface area contributed by atoms with Gasteiger partial charge in [0.05, 0.1) is 11.7 Å². The van der Waals surface area contributed by atoms with Crippen molar-refractivity contribution in [1.29, 1.82) is 0 Å². The molecule has 0 aromatic carbocycles. The second kappa shape index (κ2) is 18.3. The van der Waals surface area contributed by atoms with E-state index < -0.39 is 11.7 Å². The topological polar surface area (TPSA) is 43.7 Å². The Hall–Kier alpha value is -0.120. The van der Waals surface area contributed by atoms with E-state index in [-0.39, 0.29) is 0 Å². The first-order valence-electron chi connectivity index (χ1n) is 13.7. The van der Waals surface area contributed by atoms with Gasteiger partial charge in [0, 0.05) is 6.54 Å². The maximum absolute atomic E-state index is 10.9. The fourth-order valence-corrected chi connectivity index (χ4v) is 4.45. The van der Waals surface area contributed by atoms with E-state index in [1.165, 1.54) is 51.4 Å². The minimum Gasteiger partial charge on any atom is -0.389 e. The van der Waals surface area contributed by atoms with Gasteiger partial charge in [-0.1, -0.05) is 106 Å². The molecule has 31 heavy (non-hydrogen) atoms. The Bertz CT molecular complexity index is 388. The Morgan fingerprint density at radius 2 is 1.16 bits per heavy atom. The van der Waals surface area contributed by atoms with Crippen LogP contribution in [0.15, 0.2) is 0 Å². The Morgan fingerprint density at radius 1 is 0.710 bits per heavy atom. The highest BCUT2D eigenvalue weighted by molar-refractivity contribution is 4.84. The molecule has 0 aliphatic rings. The van der Waals surface area contributed by atoms with Crippen molar-refractivity contribution in [2.75, 3.05) is 19.6 Å². The van der Waals surface area contributed by atoms with E-state index in [0.717, 1.165) is 50.6 Å². The smallest absolute Gasteiger partial charge is 0.0950 e. The average Bonchev–Trinajstić information content (AvgIpc) is 2.69. The number of nitrogens with zero attached hydrogens (tertiary/aromatic N) is 1. The zero-order valence-electron chi connectivity index (χ0n) is 22.5. The van der Waals surface area contributed by atoms with Gasteiger partial charge in [-0.05, 0) is 57.0 Å². The molecular weight excluding hydrogens is 382 g/mol. The molecule has 188 valence electrons. The maximum Gasteiger partial charge on any atom is 0.0950 e. The van der Waals surface area contributed by atoms with E-state index in [9.17, 15) is 10.2 Å². The summed E-state index contributed by atoms with van der Waals surface area (Å²) in [5, 5.41) is 21.6. The summed E-state index contributed by atoms with van der Waals surface area (Å²) in [6.07, 6.45) is 14.9. The summed E-state index contributed by atoms with van der Waals surface area (Å²) in [5.41, 5.74) is -0.985. The van der Waals surface area contributed by atoms with E-state index in [2.05, 4.69) is 46.4 Å². The van der Waals surface area contributed by atoms with Gasteiger partial charge in [0.1, 0.15) is 0 Å². The molecule has 0 rings (SSSR count). The molecule has 2 N–H and O–H groups in total. The van der Waals surface area contributed by atoms with Crippen molar-refractivity contribution in [2.45, 2.75) is 144 Å². The molecule has 0 aliphatic carbocycles. The van der Waals surface area contributed by atoms with Crippen LogP contribution < -0.4 is 0 Å². The van der Waals surface area contributed by atoms with Crippen LogP contribution in [-0.4, -0.2) is 46.5 Å². The Balaban J connectivity index is 4.13. The van der Waals surface area contributed by atoms with Crippen molar-refractivity contribution in [3.8, 4) is 0 Å². The predicted molar refractivity (Wildman–Crippen MR) is 138 cm³/mol. The quantitative estimate of drug-likeness (QED) is 0.194. The second-order valence-electron chi connectivity index (χ2n) is 11.2. The van der Waals surface area contributed by atoms with Crippen LogP contribution in [-0.2, 0) is 0 Å². The van der Waals surface area contributed by atoms with Gasteiger partial charge in [-0.2, -0.15) is 0 Å². The lowest BCUT2D eigenvalue weighted by Crippen LogP contribution is -2.47. The molecule has 0 spiro atoms. The van der Waals surface area contributed by atoms with Crippen LogP contribution >= 0.6 is 0 Å². The standard InChI is InChI=1S/C28H59NO2/c1-8-10-21-29(22-11-9-2)23-27(30)28(7,31)20-14-19-26(6)18-13-17-25(5)16-12-15-24(3)4/h24-27,30-31H,8-23H2,1-7H3. The molecule has 0 aromatic rings. The van der Waals surface area contributed by atoms with Crippen LogP contribution in [0.4, 0.5) is 0 Å². The Morgan fingerprint density at radius 3 is 1.61 bits per heavy atom. The van der Waals surface area contributed by atoms with Crippen LogP contribution in [0.25, 0.3) is 0 Å². The van der Waals surface area contributed by atoms with Crippen molar-refractivity contribution >= 4 is 0 Å². The zero-order valence-corrected chi connectivity index (χ0v) is 22.5. The highest BCUT2D eigenvalue weighted by Gasteiger charge is 2.31. The minimum absolute atomic E-state index is 0.594. The van der Waals surface area contributed by atoms with Crippen LogP contribution in [0.1, 0.15) is 132 Å². The highest BCUT2D eigenvalue weighted by Crippen LogP contribution is 2.24. The van der Waals surface area contributed by atoms with Gasteiger partial charge < -0.3 is 15.1 Å². The second-order valence-corrected chi connectivity index (χ2v) is 11.2. The number of hydrogen-bond donors (Lipinski definition) is 2. The highest BCUT2D eigenvalue weighted by atomic mass is 16.3. The molecule has 0 aliphatic heterocycles. The van der Waals surface area contributed by atoms with Gasteiger partial charge in [0.15, 0.2) is 0 Å². The summed E-state index contributed by atoms with van der Waals surface area (Å²) >= 11 is 0. The third-order valence-electron chi connectivity index (χ3n) is 7.06. The van der Waals surface area contributed by atoms with Crippen LogP contribution in [0.2, 0.25) is 0 Å². The lowest BCUT2D eigenvalue weighted by Gasteiger charge is -2.34. The fraction of sp³-hybridized carbons (Fsp3) is 1.00. The molecule has 4 atom stereocenters. The zero-order chi connectivity index (χ0) is 23.7. The van der Waals surface area contributed by atoms with Gasteiger partial charge >= 0.3 is 0 Å². The number of hydrogen-bond acceptors (Lipinski definition) is 3. The van der Waals surface area contributed by atoms with Crippen molar-refractivity contribution in [3.63, 3.8) is 0 Å². The fourth-order valence-electron chi connectivity index (χ4n) is 4.45. The van der Waals surface area contributed by atoms with Crippen LogP contribution in [0, 0.1) is 17.8 Å². The molecule has 0 saturated heterocycles. The summed E-state index contributed by atoms with van der Waals surface area (Å²) in [6.45, 7) is 18.3. The van der Waals surface area contributed by atoms with Crippen LogP contribution in [0.5, 0.6) is 0 Å². The molecule has 3 heteroatoms. The molecule has 4 unspecified atom stereocenters. The first-order valence-corrected chi connectivity index (χ1v) is 13.7. The van der Waals surface area contributed by atoms with E-state index >= 15 is 0 Å². The van der Waals surface area contributed by atoms with E-state index in [0.29, 0.717) is 18.9 Å². The first kappa shape index (κ1) is 30.9. The normalized spacial score (nSPS) is 17.1. The third kappa shape index (κ3) is 17.1. The van der Waals surface area contributed by atoms with Crippen molar-refractivity contribution in [3.05, 3.63) is 0 Å². The van der Waals surface area contributed by atoms with Gasteiger partial charge in [0.25, 0.3) is 0 Å².